The summed E-state index contributed by atoms with van der Waals surface area (Å²) in [5.41, 5.74) is 2.31. The second-order valence-corrected chi connectivity index (χ2v) is 8.77. The second-order valence-electron chi connectivity index (χ2n) is 8.77. The van der Waals surface area contributed by atoms with E-state index in [0.29, 0.717) is 18.6 Å². The van der Waals surface area contributed by atoms with Gasteiger partial charge in [-0.15, -0.1) is 0 Å². The number of hydrogen-bond acceptors (Lipinski definition) is 3. The lowest BCUT2D eigenvalue weighted by Crippen LogP contribution is -2.51. The number of aromatic nitrogens is 1. The molecule has 152 valence electrons. The minimum atomic E-state index is 0.127. The van der Waals surface area contributed by atoms with Crippen LogP contribution in [0.1, 0.15) is 45.1 Å². The first-order valence-electron chi connectivity index (χ1n) is 10.9. The Morgan fingerprint density at radius 2 is 2.00 bits per heavy atom. The molecular weight excluding hydrogens is 348 g/mol. The molecule has 0 bridgehead atoms. The van der Waals surface area contributed by atoms with Crippen LogP contribution in [-0.2, 0) is 11.3 Å². The van der Waals surface area contributed by atoms with Gasteiger partial charge in [-0.3, -0.25) is 9.69 Å². The molecule has 1 aromatic carbocycles. The van der Waals surface area contributed by atoms with Gasteiger partial charge in [-0.1, -0.05) is 12.1 Å². The van der Waals surface area contributed by atoms with Crippen LogP contribution >= 0.6 is 0 Å². The van der Waals surface area contributed by atoms with Crippen molar-refractivity contribution >= 4 is 16.8 Å². The molecule has 5 heteroatoms. The van der Waals surface area contributed by atoms with Crippen molar-refractivity contribution in [2.75, 3.05) is 26.2 Å². The van der Waals surface area contributed by atoms with Crippen LogP contribution in [0.5, 0.6) is 0 Å². The van der Waals surface area contributed by atoms with Gasteiger partial charge in [0.2, 0.25) is 5.91 Å². The first-order chi connectivity index (χ1) is 13.6. The summed E-state index contributed by atoms with van der Waals surface area (Å²) in [7, 11) is 0. The van der Waals surface area contributed by atoms with Crippen molar-refractivity contribution in [3.05, 3.63) is 36.0 Å². The van der Waals surface area contributed by atoms with E-state index in [1.54, 1.807) is 0 Å². The summed E-state index contributed by atoms with van der Waals surface area (Å²) in [4.78, 5) is 21.3. The van der Waals surface area contributed by atoms with Gasteiger partial charge in [0.05, 0.1) is 5.92 Å². The predicted molar refractivity (Wildman–Crippen MR) is 114 cm³/mol. The number of carbonyl (C=O) groups is 1. The van der Waals surface area contributed by atoms with E-state index in [-0.39, 0.29) is 11.8 Å². The van der Waals surface area contributed by atoms with Gasteiger partial charge in [-0.25, -0.2) is 0 Å². The number of hydrogen-bond donors (Lipinski definition) is 2. The molecule has 2 saturated heterocycles. The van der Waals surface area contributed by atoms with E-state index in [0.717, 1.165) is 31.4 Å². The van der Waals surface area contributed by atoms with Gasteiger partial charge in [-0.2, -0.15) is 0 Å². The summed E-state index contributed by atoms with van der Waals surface area (Å²) in [5, 5.41) is 4.41. The van der Waals surface area contributed by atoms with Crippen LogP contribution < -0.4 is 5.32 Å². The number of nitrogens with one attached hydrogen (secondary N) is 2. The summed E-state index contributed by atoms with van der Waals surface area (Å²) < 4.78 is 0. The van der Waals surface area contributed by atoms with Gasteiger partial charge in [0.15, 0.2) is 0 Å². The number of aromatic amines is 1. The zero-order chi connectivity index (χ0) is 19.5. The molecule has 2 fully saturated rings. The fraction of sp³-hybridized carbons (Fsp3) is 0.609. The van der Waals surface area contributed by atoms with Crippen LogP contribution in [0.2, 0.25) is 0 Å². The summed E-state index contributed by atoms with van der Waals surface area (Å²) in [5.74, 6) is 0.346. The fourth-order valence-corrected chi connectivity index (χ4v) is 4.95. The average Bonchev–Trinajstić information content (AvgIpc) is 3.21. The Labute approximate surface area is 168 Å². The van der Waals surface area contributed by atoms with Crippen LogP contribution in [0.3, 0.4) is 0 Å². The molecule has 0 spiro atoms. The Kier molecular flexibility index (Phi) is 6.02. The molecule has 1 amide bonds. The molecule has 0 radical (unpaired) electrons. The molecule has 2 aliphatic heterocycles. The highest BCUT2D eigenvalue weighted by Gasteiger charge is 2.31. The van der Waals surface area contributed by atoms with Gasteiger partial charge >= 0.3 is 0 Å². The van der Waals surface area contributed by atoms with Crippen molar-refractivity contribution in [2.45, 2.75) is 58.2 Å². The maximum Gasteiger partial charge on any atom is 0.224 e. The quantitative estimate of drug-likeness (QED) is 0.834. The van der Waals surface area contributed by atoms with Gasteiger partial charge in [0.1, 0.15) is 0 Å². The standard InChI is InChI=1S/C23H34N4O/c1-17(2)26-13-9-20(10-14-26)27-12-4-6-19(16-27)23(28)25-15-18-5-3-7-22-21(18)8-11-24-22/h3,5,7-8,11,17,19-20,24H,4,6,9-10,12-16H2,1-2H3,(H,25,28)/t19-/m0/s1. The predicted octanol–water partition coefficient (Wildman–Crippen LogP) is 3.37. The molecule has 5 nitrogen and oxygen atoms in total. The average molecular weight is 383 g/mol. The smallest absolute Gasteiger partial charge is 0.224 e. The molecule has 2 N–H and O–H groups in total. The van der Waals surface area contributed by atoms with E-state index in [9.17, 15) is 4.79 Å². The van der Waals surface area contributed by atoms with Gasteiger partial charge in [0, 0.05) is 42.3 Å². The maximum absolute atomic E-state index is 12.9. The van der Waals surface area contributed by atoms with Crippen molar-refractivity contribution < 1.29 is 4.79 Å². The van der Waals surface area contributed by atoms with Crippen molar-refractivity contribution in [3.63, 3.8) is 0 Å². The lowest BCUT2D eigenvalue weighted by Gasteiger charge is -2.43. The van der Waals surface area contributed by atoms with E-state index in [4.69, 9.17) is 0 Å². The molecular formula is C23H34N4O. The van der Waals surface area contributed by atoms with E-state index in [2.05, 4.69) is 52.1 Å². The monoisotopic (exact) mass is 382 g/mol. The number of H-pyrrole nitrogens is 1. The number of fused-ring (bicyclic) bond motifs is 1. The molecule has 4 rings (SSSR count). The van der Waals surface area contributed by atoms with Crippen molar-refractivity contribution in [1.82, 2.24) is 20.1 Å². The third-order valence-electron chi connectivity index (χ3n) is 6.71. The lowest BCUT2D eigenvalue weighted by molar-refractivity contribution is -0.127. The van der Waals surface area contributed by atoms with E-state index < -0.39 is 0 Å². The van der Waals surface area contributed by atoms with Gasteiger partial charge in [-0.05, 0) is 76.9 Å². The number of nitrogens with zero attached hydrogens (tertiary/aromatic N) is 2. The summed E-state index contributed by atoms with van der Waals surface area (Å²) >= 11 is 0. The van der Waals surface area contributed by atoms with Crippen LogP contribution in [0.15, 0.2) is 30.5 Å². The Balaban J connectivity index is 1.30. The maximum atomic E-state index is 12.9. The van der Waals surface area contributed by atoms with E-state index >= 15 is 0 Å². The summed E-state index contributed by atoms with van der Waals surface area (Å²) in [6, 6.07) is 9.61. The molecule has 0 unspecified atom stereocenters. The molecule has 0 saturated carbocycles. The minimum Gasteiger partial charge on any atom is -0.361 e. The number of carbonyl (C=O) groups excluding carboxylic acids is 1. The SMILES string of the molecule is CC(C)N1CCC(N2CCC[C@H](C(=O)NCc3cccc4[nH]ccc34)C2)CC1. The molecule has 28 heavy (non-hydrogen) atoms. The topological polar surface area (TPSA) is 51.4 Å². The number of likely N-dealkylation sites (tertiary alicyclic amines) is 2. The number of piperidine rings is 2. The Morgan fingerprint density at radius 1 is 1.18 bits per heavy atom. The third kappa shape index (κ3) is 4.26. The van der Waals surface area contributed by atoms with Crippen LogP contribution in [0.4, 0.5) is 0 Å². The molecule has 0 aliphatic carbocycles. The van der Waals surface area contributed by atoms with Crippen molar-refractivity contribution in [1.29, 1.82) is 0 Å². The first kappa shape index (κ1) is 19.5. The minimum absolute atomic E-state index is 0.127. The Morgan fingerprint density at radius 3 is 2.79 bits per heavy atom. The zero-order valence-corrected chi connectivity index (χ0v) is 17.3. The molecule has 2 aliphatic rings. The highest BCUT2D eigenvalue weighted by molar-refractivity contribution is 5.84. The fourth-order valence-electron chi connectivity index (χ4n) is 4.95. The number of rotatable bonds is 5. The molecule has 2 aromatic rings. The van der Waals surface area contributed by atoms with E-state index in [1.165, 1.54) is 36.9 Å². The lowest BCUT2D eigenvalue weighted by atomic mass is 9.93. The first-order valence-corrected chi connectivity index (χ1v) is 10.9. The number of amides is 1. The van der Waals surface area contributed by atoms with Gasteiger partial charge < -0.3 is 15.2 Å². The van der Waals surface area contributed by atoms with Crippen LogP contribution in [0.25, 0.3) is 10.9 Å². The van der Waals surface area contributed by atoms with Gasteiger partial charge in [0.25, 0.3) is 0 Å². The molecule has 1 aromatic heterocycles. The molecule has 3 heterocycles. The second kappa shape index (κ2) is 8.66. The summed E-state index contributed by atoms with van der Waals surface area (Å²) in [6.45, 7) is 9.64. The highest BCUT2D eigenvalue weighted by Crippen LogP contribution is 2.25. The van der Waals surface area contributed by atoms with Crippen LogP contribution in [0, 0.1) is 5.92 Å². The highest BCUT2D eigenvalue weighted by atomic mass is 16.1. The largest absolute Gasteiger partial charge is 0.361 e. The van der Waals surface area contributed by atoms with Crippen LogP contribution in [-0.4, -0.2) is 59.0 Å². The molecule has 1 atom stereocenters. The summed E-state index contributed by atoms with van der Waals surface area (Å²) in [6.07, 6.45) is 6.58. The Hall–Kier alpha value is -1.85. The van der Waals surface area contributed by atoms with Crippen molar-refractivity contribution in [2.24, 2.45) is 5.92 Å². The van der Waals surface area contributed by atoms with E-state index in [1.807, 2.05) is 12.3 Å². The number of benzene rings is 1. The van der Waals surface area contributed by atoms with Crippen molar-refractivity contribution in [3.8, 4) is 0 Å². The zero-order valence-electron chi connectivity index (χ0n) is 17.3. The Bertz CT molecular complexity index is 791. The normalized spacial score (nSPS) is 22.8. The third-order valence-corrected chi connectivity index (χ3v) is 6.71.